The molecule has 5 nitrogen and oxygen atoms in total. The lowest BCUT2D eigenvalue weighted by Gasteiger charge is -2.26. The lowest BCUT2D eigenvalue weighted by atomic mass is 10.00. The third-order valence-electron chi connectivity index (χ3n) is 4.22. The number of halogens is 1. The van der Waals surface area contributed by atoms with Gasteiger partial charge in [0, 0.05) is 17.4 Å². The van der Waals surface area contributed by atoms with Crippen LogP contribution < -0.4 is 15.7 Å². The van der Waals surface area contributed by atoms with Gasteiger partial charge in [0.25, 0.3) is 5.91 Å². The molecule has 4 rings (SSSR count). The van der Waals surface area contributed by atoms with E-state index in [1.165, 1.54) is 0 Å². The van der Waals surface area contributed by atoms with Crippen LogP contribution in [-0.4, -0.2) is 12.5 Å². The van der Waals surface area contributed by atoms with Crippen molar-refractivity contribution in [2.75, 3.05) is 6.61 Å². The number of benzene rings is 2. The molecule has 1 N–H and O–H groups in total. The van der Waals surface area contributed by atoms with Gasteiger partial charge in [-0.05, 0) is 34.1 Å². The summed E-state index contributed by atoms with van der Waals surface area (Å²) in [6.07, 6.45) is 0.646. The number of carbonyl (C=O) groups is 1. The SMILES string of the molecule is O=C(NC1CCOc2ccccc21)c1cc2cccc(Br)c2oc1=O. The van der Waals surface area contributed by atoms with Gasteiger partial charge in [-0.3, -0.25) is 4.79 Å². The fourth-order valence-electron chi connectivity index (χ4n) is 3.00. The number of hydrogen-bond donors (Lipinski definition) is 1. The predicted molar refractivity (Wildman–Crippen MR) is 96.9 cm³/mol. The van der Waals surface area contributed by atoms with Crippen molar-refractivity contribution in [1.82, 2.24) is 5.32 Å². The Morgan fingerprint density at radius 1 is 1.16 bits per heavy atom. The molecule has 1 unspecified atom stereocenters. The Morgan fingerprint density at radius 2 is 2.00 bits per heavy atom. The smallest absolute Gasteiger partial charge is 0.349 e. The van der Waals surface area contributed by atoms with E-state index in [1.54, 1.807) is 18.2 Å². The summed E-state index contributed by atoms with van der Waals surface area (Å²) in [4.78, 5) is 24.9. The Bertz CT molecular complexity index is 1030. The van der Waals surface area contributed by atoms with Crippen molar-refractivity contribution >= 4 is 32.8 Å². The first-order valence-electron chi connectivity index (χ1n) is 7.88. The molecule has 0 spiro atoms. The van der Waals surface area contributed by atoms with Crippen molar-refractivity contribution in [1.29, 1.82) is 0 Å². The second kappa shape index (κ2) is 6.37. The van der Waals surface area contributed by atoms with Gasteiger partial charge in [-0.25, -0.2) is 4.79 Å². The highest BCUT2D eigenvalue weighted by Gasteiger charge is 2.24. The molecular weight excluding hydrogens is 386 g/mol. The molecule has 126 valence electrons. The van der Waals surface area contributed by atoms with E-state index in [-0.39, 0.29) is 11.6 Å². The Morgan fingerprint density at radius 3 is 2.88 bits per heavy atom. The Labute approximate surface area is 151 Å². The van der Waals surface area contributed by atoms with E-state index < -0.39 is 11.5 Å². The van der Waals surface area contributed by atoms with E-state index in [0.717, 1.165) is 11.3 Å². The fraction of sp³-hybridized carbons (Fsp3) is 0.158. The number of amides is 1. The van der Waals surface area contributed by atoms with Crippen molar-refractivity contribution in [3.8, 4) is 5.75 Å². The summed E-state index contributed by atoms with van der Waals surface area (Å²) in [5, 5.41) is 3.61. The third kappa shape index (κ3) is 2.93. The number of nitrogens with one attached hydrogen (secondary N) is 1. The maximum absolute atomic E-state index is 12.6. The molecule has 0 saturated carbocycles. The van der Waals surface area contributed by atoms with E-state index in [4.69, 9.17) is 9.15 Å². The zero-order chi connectivity index (χ0) is 17.4. The van der Waals surface area contributed by atoms with Crippen molar-refractivity contribution in [3.63, 3.8) is 0 Å². The van der Waals surface area contributed by atoms with Crippen LogP contribution in [0.3, 0.4) is 0 Å². The van der Waals surface area contributed by atoms with Crippen molar-refractivity contribution in [2.45, 2.75) is 12.5 Å². The molecule has 0 bridgehead atoms. The molecule has 3 aromatic rings. The van der Waals surface area contributed by atoms with Gasteiger partial charge in [0.1, 0.15) is 11.3 Å². The minimum absolute atomic E-state index is 0.00503. The second-order valence-corrected chi connectivity index (χ2v) is 6.66. The van der Waals surface area contributed by atoms with Crippen LogP contribution in [0.1, 0.15) is 28.4 Å². The highest BCUT2D eigenvalue weighted by Crippen LogP contribution is 2.31. The largest absolute Gasteiger partial charge is 0.493 e. The van der Waals surface area contributed by atoms with Gasteiger partial charge in [-0.15, -0.1) is 0 Å². The molecule has 1 aliphatic rings. The quantitative estimate of drug-likeness (QED) is 0.665. The minimum Gasteiger partial charge on any atom is -0.493 e. The van der Waals surface area contributed by atoms with Crippen molar-refractivity contribution < 1.29 is 13.9 Å². The van der Waals surface area contributed by atoms with Crippen LogP contribution >= 0.6 is 15.9 Å². The number of para-hydroxylation sites is 2. The van der Waals surface area contributed by atoms with E-state index in [1.807, 2.05) is 30.3 Å². The average molecular weight is 400 g/mol. The van der Waals surface area contributed by atoms with E-state index >= 15 is 0 Å². The first-order chi connectivity index (χ1) is 12.1. The highest BCUT2D eigenvalue weighted by atomic mass is 79.9. The van der Waals surface area contributed by atoms with Crippen LogP contribution in [0.2, 0.25) is 0 Å². The Kier molecular flexibility index (Phi) is 4.05. The summed E-state index contributed by atoms with van der Waals surface area (Å²) in [6.45, 7) is 0.515. The predicted octanol–water partition coefficient (Wildman–Crippen LogP) is 3.81. The van der Waals surface area contributed by atoms with Gasteiger partial charge in [0.2, 0.25) is 0 Å². The van der Waals surface area contributed by atoms with E-state index in [2.05, 4.69) is 21.2 Å². The maximum Gasteiger partial charge on any atom is 0.349 e. The van der Waals surface area contributed by atoms with E-state index in [9.17, 15) is 9.59 Å². The number of hydrogen-bond acceptors (Lipinski definition) is 4. The summed E-state index contributed by atoms with van der Waals surface area (Å²) in [5.41, 5.74) is 0.683. The monoisotopic (exact) mass is 399 g/mol. The molecule has 25 heavy (non-hydrogen) atoms. The summed E-state index contributed by atoms with van der Waals surface area (Å²) in [5.74, 6) is 0.311. The summed E-state index contributed by atoms with van der Waals surface area (Å²) in [6, 6.07) is 14.3. The normalized spacial score (nSPS) is 16.1. The van der Waals surface area contributed by atoms with E-state index in [0.29, 0.717) is 28.5 Å². The molecule has 0 fully saturated rings. The molecule has 1 atom stereocenters. The Hall–Kier alpha value is -2.60. The molecule has 2 heterocycles. The number of rotatable bonds is 2. The van der Waals surface area contributed by atoms with Crippen LogP contribution in [0.4, 0.5) is 0 Å². The maximum atomic E-state index is 12.6. The second-order valence-electron chi connectivity index (χ2n) is 5.81. The summed E-state index contributed by atoms with van der Waals surface area (Å²) < 4.78 is 11.6. The molecule has 0 saturated heterocycles. The third-order valence-corrected chi connectivity index (χ3v) is 4.84. The van der Waals surface area contributed by atoms with Gasteiger partial charge in [-0.2, -0.15) is 0 Å². The first-order valence-corrected chi connectivity index (χ1v) is 8.68. The molecule has 0 radical (unpaired) electrons. The van der Waals surface area contributed by atoms with Crippen LogP contribution in [0, 0.1) is 0 Å². The highest BCUT2D eigenvalue weighted by molar-refractivity contribution is 9.10. The summed E-state index contributed by atoms with van der Waals surface area (Å²) in [7, 11) is 0. The van der Waals surface area contributed by atoms with Crippen LogP contribution in [0.5, 0.6) is 5.75 Å². The van der Waals surface area contributed by atoms with Crippen LogP contribution in [0.15, 0.2) is 62.2 Å². The zero-order valence-corrected chi connectivity index (χ0v) is 14.7. The molecule has 2 aromatic carbocycles. The molecule has 1 aliphatic heterocycles. The molecule has 1 amide bonds. The van der Waals surface area contributed by atoms with Gasteiger partial charge in [-0.1, -0.05) is 30.3 Å². The molecular formula is C19H14BrNO4. The lowest BCUT2D eigenvalue weighted by molar-refractivity contribution is 0.0921. The number of fused-ring (bicyclic) bond motifs is 2. The zero-order valence-electron chi connectivity index (χ0n) is 13.1. The first kappa shape index (κ1) is 15.9. The standard InChI is InChI=1S/C19H14BrNO4/c20-14-6-3-4-11-10-13(19(23)25-17(11)14)18(22)21-15-8-9-24-16-7-2-1-5-12(15)16/h1-7,10,15H,8-9H2,(H,21,22). The Balaban J connectivity index is 1.67. The van der Waals surface area contributed by atoms with Crippen LogP contribution in [-0.2, 0) is 0 Å². The van der Waals surface area contributed by atoms with Gasteiger partial charge in [0.15, 0.2) is 5.58 Å². The fourth-order valence-corrected chi connectivity index (χ4v) is 3.46. The lowest BCUT2D eigenvalue weighted by Crippen LogP contribution is -2.34. The summed E-state index contributed by atoms with van der Waals surface area (Å²) >= 11 is 3.34. The molecule has 6 heteroatoms. The van der Waals surface area contributed by atoms with Crippen LogP contribution in [0.25, 0.3) is 11.0 Å². The number of ether oxygens (including phenoxy) is 1. The molecule has 1 aromatic heterocycles. The molecule has 0 aliphatic carbocycles. The van der Waals surface area contributed by atoms with Gasteiger partial charge in [0.05, 0.1) is 17.1 Å². The van der Waals surface area contributed by atoms with Gasteiger partial charge < -0.3 is 14.5 Å². The van der Waals surface area contributed by atoms with Gasteiger partial charge >= 0.3 is 5.63 Å². The average Bonchev–Trinajstić information content (AvgIpc) is 2.62. The van der Waals surface area contributed by atoms with Crippen molar-refractivity contribution in [2.24, 2.45) is 0 Å². The van der Waals surface area contributed by atoms with Crippen molar-refractivity contribution in [3.05, 3.63) is 74.6 Å². The minimum atomic E-state index is -0.655. The topological polar surface area (TPSA) is 68.5 Å². The number of carbonyl (C=O) groups excluding carboxylic acids is 1.